The standard InChI is InChI=1S/C14H17FN4O3/c15-8-5-13-12(16-14(20)7-22-13)6-11(8)18-17-9-3-1-2-4-10(9)19-21/h5,12,18,21H,1-4,6-7H2,(H,16,20)/b17-9-,19-10+. The van der Waals surface area contributed by atoms with Crippen molar-refractivity contribution in [1.82, 2.24) is 10.7 Å². The number of rotatable bonds is 2. The van der Waals surface area contributed by atoms with E-state index >= 15 is 0 Å². The summed E-state index contributed by atoms with van der Waals surface area (Å²) in [5, 5.41) is 19.1. The Bertz CT molecular complexity index is 609. The van der Waals surface area contributed by atoms with Crippen LogP contribution in [0.15, 0.2) is 33.6 Å². The van der Waals surface area contributed by atoms with Gasteiger partial charge in [-0.2, -0.15) is 5.10 Å². The molecule has 118 valence electrons. The Balaban J connectivity index is 1.74. The van der Waals surface area contributed by atoms with Crippen LogP contribution in [0.3, 0.4) is 0 Å². The van der Waals surface area contributed by atoms with Gasteiger partial charge in [0.25, 0.3) is 5.91 Å². The third-order valence-corrected chi connectivity index (χ3v) is 3.87. The molecule has 1 heterocycles. The first-order chi connectivity index (χ1) is 10.7. The fourth-order valence-corrected chi connectivity index (χ4v) is 2.70. The number of hydrogen-bond acceptors (Lipinski definition) is 6. The number of allylic oxidation sites excluding steroid dienone is 2. The van der Waals surface area contributed by atoms with Crippen molar-refractivity contribution in [2.45, 2.75) is 38.1 Å². The molecule has 3 aliphatic rings. The Labute approximate surface area is 126 Å². The molecule has 2 fully saturated rings. The van der Waals surface area contributed by atoms with E-state index < -0.39 is 5.83 Å². The van der Waals surface area contributed by atoms with E-state index in [-0.39, 0.29) is 30.7 Å². The van der Waals surface area contributed by atoms with E-state index in [9.17, 15) is 9.18 Å². The second-order valence-corrected chi connectivity index (χ2v) is 5.41. The quantitative estimate of drug-likeness (QED) is 0.529. The van der Waals surface area contributed by atoms with Crippen molar-refractivity contribution in [1.29, 1.82) is 0 Å². The molecule has 2 aliphatic carbocycles. The number of hydrogen-bond donors (Lipinski definition) is 3. The van der Waals surface area contributed by atoms with Crippen LogP contribution < -0.4 is 10.7 Å². The zero-order chi connectivity index (χ0) is 15.5. The largest absolute Gasteiger partial charge is 0.486 e. The van der Waals surface area contributed by atoms with E-state index in [0.29, 0.717) is 30.0 Å². The number of morpholine rings is 1. The average Bonchev–Trinajstić information content (AvgIpc) is 2.53. The molecule has 0 aromatic carbocycles. The Morgan fingerprint density at radius 2 is 2.14 bits per heavy atom. The number of nitrogens with zero attached hydrogens (tertiary/aromatic N) is 2. The van der Waals surface area contributed by atoms with Crippen LogP contribution in [0.5, 0.6) is 0 Å². The lowest BCUT2D eigenvalue weighted by molar-refractivity contribution is -0.128. The van der Waals surface area contributed by atoms with Crippen LogP contribution in [0, 0.1) is 0 Å². The van der Waals surface area contributed by atoms with Gasteiger partial charge in [-0.1, -0.05) is 5.16 Å². The highest BCUT2D eigenvalue weighted by atomic mass is 19.1. The van der Waals surface area contributed by atoms with E-state index in [1.54, 1.807) is 0 Å². The molecule has 1 saturated heterocycles. The van der Waals surface area contributed by atoms with Gasteiger partial charge in [0.2, 0.25) is 0 Å². The summed E-state index contributed by atoms with van der Waals surface area (Å²) in [5.41, 5.74) is 4.14. The number of nitrogens with one attached hydrogen (secondary N) is 2. The molecular formula is C14H17FN4O3. The summed E-state index contributed by atoms with van der Waals surface area (Å²) in [6.07, 6.45) is 4.76. The molecule has 7 nitrogen and oxygen atoms in total. The van der Waals surface area contributed by atoms with Gasteiger partial charge in [0, 0.05) is 12.5 Å². The van der Waals surface area contributed by atoms with E-state index in [1.807, 2.05) is 0 Å². The zero-order valence-corrected chi connectivity index (χ0v) is 11.9. The maximum Gasteiger partial charge on any atom is 0.258 e. The summed E-state index contributed by atoms with van der Waals surface area (Å²) in [4.78, 5) is 11.3. The number of carbonyl (C=O) groups excluding carboxylic acids is 1. The van der Waals surface area contributed by atoms with Gasteiger partial charge in [0.05, 0.1) is 17.5 Å². The summed E-state index contributed by atoms with van der Waals surface area (Å²) in [5.74, 6) is -0.271. The minimum Gasteiger partial charge on any atom is -0.486 e. The van der Waals surface area contributed by atoms with Gasteiger partial charge < -0.3 is 15.3 Å². The van der Waals surface area contributed by atoms with Crippen LogP contribution in [0.2, 0.25) is 0 Å². The fraction of sp³-hybridized carbons (Fsp3) is 0.500. The highest BCUT2D eigenvalue weighted by Gasteiger charge is 2.30. The van der Waals surface area contributed by atoms with Crippen LogP contribution >= 0.6 is 0 Å². The zero-order valence-electron chi connectivity index (χ0n) is 11.9. The maximum absolute atomic E-state index is 14.0. The highest BCUT2D eigenvalue weighted by Crippen LogP contribution is 2.26. The summed E-state index contributed by atoms with van der Waals surface area (Å²) in [7, 11) is 0. The lowest BCUT2D eigenvalue weighted by Crippen LogP contribution is -2.46. The second kappa shape index (κ2) is 6.17. The predicted octanol–water partition coefficient (Wildman–Crippen LogP) is 1.32. The summed E-state index contributed by atoms with van der Waals surface area (Å²) in [6.45, 7) is -0.0863. The van der Waals surface area contributed by atoms with Gasteiger partial charge in [-0.25, -0.2) is 4.39 Å². The molecule has 1 amide bonds. The number of amides is 1. The molecule has 8 heteroatoms. The minimum atomic E-state index is -0.468. The van der Waals surface area contributed by atoms with Crippen LogP contribution in [0.1, 0.15) is 32.1 Å². The fourth-order valence-electron chi connectivity index (χ4n) is 2.70. The molecule has 1 aliphatic heterocycles. The molecule has 1 atom stereocenters. The van der Waals surface area contributed by atoms with Crippen molar-refractivity contribution in [2.75, 3.05) is 6.61 Å². The van der Waals surface area contributed by atoms with E-state index in [1.165, 1.54) is 6.08 Å². The molecule has 1 saturated carbocycles. The Hall–Kier alpha value is -2.38. The summed E-state index contributed by atoms with van der Waals surface area (Å²) in [6, 6.07) is -0.374. The molecule has 22 heavy (non-hydrogen) atoms. The molecule has 1 unspecified atom stereocenters. The van der Waals surface area contributed by atoms with Gasteiger partial charge in [-0.15, -0.1) is 0 Å². The van der Waals surface area contributed by atoms with Gasteiger partial charge in [-0.05, 0) is 25.7 Å². The van der Waals surface area contributed by atoms with Crippen molar-refractivity contribution in [3.63, 3.8) is 0 Å². The number of oxime groups is 1. The minimum absolute atomic E-state index is 0.0863. The predicted molar refractivity (Wildman–Crippen MR) is 77.0 cm³/mol. The molecule has 0 radical (unpaired) electrons. The van der Waals surface area contributed by atoms with E-state index in [0.717, 1.165) is 12.8 Å². The SMILES string of the molecule is O=C1COC2=CC(F)=C(N/N=C3/CCCC/C3=N\O)CC2N1. The van der Waals surface area contributed by atoms with Gasteiger partial charge in [0.1, 0.15) is 17.3 Å². The van der Waals surface area contributed by atoms with Gasteiger partial charge >= 0.3 is 0 Å². The molecule has 0 bridgehead atoms. The lowest BCUT2D eigenvalue weighted by Gasteiger charge is -2.30. The van der Waals surface area contributed by atoms with E-state index in [2.05, 4.69) is 21.0 Å². The van der Waals surface area contributed by atoms with Crippen molar-refractivity contribution < 1.29 is 19.1 Å². The van der Waals surface area contributed by atoms with Gasteiger partial charge in [-0.3, -0.25) is 10.2 Å². The third kappa shape index (κ3) is 2.95. The van der Waals surface area contributed by atoms with Crippen molar-refractivity contribution in [3.05, 3.63) is 23.4 Å². The van der Waals surface area contributed by atoms with Crippen molar-refractivity contribution in [3.8, 4) is 0 Å². The van der Waals surface area contributed by atoms with Crippen molar-refractivity contribution in [2.24, 2.45) is 10.3 Å². The Kier molecular flexibility index (Phi) is 4.08. The molecule has 0 spiro atoms. The smallest absolute Gasteiger partial charge is 0.258 e. The van der Waals surface area contributed by atoms with Crippen LogP contribution in [0.25, 0.3) is 0 Å². The number of halogens is 1. The maximum atomic E-state index is 14.0. The first-order valence-electron chi connectivity index (χ1n) is 7.23. The number of carbonyl (C=O) groups is 1. The van der Waals surface area contributed by atoms with E-state index in [4.69, 9.17) is 9.94 Å². The highest BCUT2D eigenvalue weighted by molar-refractivity contribution is 6.42. The molecule has 0 aromatic rings. The Morgan fingerprint density at radius 1 is 1.36 bits per heavy atom. The van der Waals surface area contributed by atoms with Crippen LogP contribution in [-0.2, 0) is 9.53 Å². The normalized spacial score (nSPS) is 28.9. The van der Waals surface area contributed by atoms with Crippen LogP contribution in [-0.4, -0.2) is 35.2 Å². The van der Waals surface area contributed by atoms with Crippen LogP contribution in [0.4, 0.5) is 4.39 Å². The first-order valence-corrected chi connectivity index (χ1v) is 7.23. The summed E-state index contributed by atoms with van der Waals surface area (Å²) >= 11 is 0. The summed E-state index contributed by atoms with van der Waals surface area (Å²) < 4.78 is 19.2. The first kappa shape index (κ1) is 14.6. The number of fused-ring (bicyclic) bond motifs is 1. The average molecular weight is 308 g/mol. The third-order valence-electron chi connectivity index (χ3n) is 3.87. The topological polar surface area (TPSA) is 95.3 Å². The lowest BCUT2D eigenvalue weighted by atomic mass is 9.96. The second-order valence-electron chi connectivity index (χ2n) is 5.41. The molecule has 3 N–H and O–H groups in total. The monoisotopic (exact) mass is 308 g/mol. The molecule has 3 rings (SSSR count). The number of hydrazone groups is 1. The van der Waals surface area contributed by atoms with Crippen molar-refractivity contribution >= 4 is 17.3 Å². The molecule has 0 aromatic heterocycles. The molecular weight excluding hydrogens is 291 g/mol. The van der Waals surface area contributed by atoms with Gasteiger partial charge in [0.15, 0.2) is 6.61 Å². The number of ether oxygens (including phenoxy) is 1. The Morgan fingerprint density at radius 3 is 2.91 bits per heavy atom.